The Bertz CT molecular complexity index is 701. The summed E-state index contributed by atoms with van der Waals surface area (Å²) in [6.45, 7) is 1.86. The molecule has 7 heteroatoms. The minimum Gasteiger partial charge on any atom is -0.339 e. The van der Waals surface area contributed by atoms with Gasteiger partial charge in [-0.15, -0.1) is 0 Å². The molecule has 0 aromatic heterocycles. The van der Waals surface area contributed by atoms with E-state index in [1.165, 1.54) is 6.92 Å². The van der Waals surface area contributed by atoms with Gasteiger partial charge >= 0.3 is 0 Å². The largest absolute Gasteiger partial charge is 0.339 e. The summed E-state index contributed by atoms with van der Waals surface area (Å²) in [5.41, 5.74) is 0.932. The van der Waals surface area contributed by atoms with Gasteiger partial charge in [0.15, 0.2) is 0 Å². The van der Waals surface area contributed by atoms with Crippen molar-refractivity contribution in [3.8, 4) is 0 Å². The number of likely N-dealkylation sites (tertiary alicyclic amines) is 1. The summed E-state index contributed by atoms with van der Waals surface area (Å²) >= 11 is 6.00. The standard InChI is InChI=1S/C18H22ClN3O3/c1-11(23)20-15-7-6-13(19)9-16(15)21-18(25)12-8-17(24)22(10-12)14-4-2-3-5-14/h6-7,9,12,14H,2-5,8,10H2,1H3,(H,20,23)(H,21,25). The first-order valence-corrected chi connectivity index (χ1v) is 8.99. The monoisotopic (exact) mass is 363 g/mol. The summed E-state index contributed by atoms with van der Waals surface area (Å²) in [5.74, 6) is -0.776. The highest BCUT2D eigenvalue weighted by molar-refractivity contribution is 6.31. The van der Waals surface area contributed by atoms with Crippen molar-refractivity contribution < 1.29 is 14.4 Å². The van der Waals surface area contributed by atoms with E-state index in [2.05, 4.69) is 10.6 Å². The third-order valence-electron chi connectivity index (χ3n) is 4.84. The summed E-state index contributed by atoms with van der Waals surface area (Å²) in [6.07, 6.45) is 4.59. The fourth-order valence-corrected chi connectivity index (χ4v) is 3.80. The van der Waals surface area contributed by atoms with Gasteiger partial charge in [0.2, 0.25) is 17.7 Å². The first kappa shape index (κ1) is 17.7. The van der Waals surface area contributed by atoms with Gasteiger partial charge in [0, 0.05) is 31.0 Å². The maximum absolute atomic E-state index is 12.6. The highest BCUT2D eigenvalue weighted by Crippen LogP contribution is 2.31. The van der Waals surface area contributed by atoms with Gasteiger partial charge in [0.1, 0.15) is 0 Å². The zero-order valence-electron chi connectivity index (χ0n) is 14.2. The molecule has 1 aromatic rings. The normalized spacial score (nSPS) is 20.8. The molecular formula is C18H22ClN3O3. The smallest absolute Gasteiger partial charge is 0.229 e. The fourth-order valence-electron chi connectivity index (χ4n) is 3.63. The van der Waals surface area contributed by atoms with Gasteiger partial charge in [0.05, 0.1) is 17.3 Å². The van der Waals surface area contributed by atoms with Crippen molar-refractivity contribution in [2.45, 2.75) is 45.1 Å². The van der Waals surface area contributed by atoms with Crippen LogP contribution in [0.3, 0.4) is 0 Å². The summed E-state index contributed by atoms with van der Waals surface area (Å²) in [4.78, 5) is 38.1. The van der Waals surface area contributed by atoms with Gasteiger partial charge in [-0.1, -0.05) is 24.4 Å². The quantitative estimate of drug-likeness (QED) is 0.863. The lowest BCUT2D eigenvalue weighted by molar-refractivity contribution is -0.130. The van der Waals surface area contributed by atoms with E-state index >= 15 is 0 Å². The summed E-state index contributed by atoms with van der Waals surface area (Å²) in [5, 5.41) is 5.94. The Kier molecular flexibility index (Phi) is 5.27. The Morgan fingerprint density at radius 2 is 1.88 bits per heavy atom. The lowest BCUT2D eigenvalue weighted by Gasteiger charge is -2.24. The molecule has 1 saturated heterocycles. The van der Waals surface area contributed by atoms with Gasteiger partial charge in [-0.25, -0.2) is 0 Å². The number of halogens is 1. The molecule has 0 spiro atoms. The van der Waals surface area contributed by atoms with E-state index in [9.17, 15) is 14.4 Å². The Morgan fingerprint density at radius 3 is 2.56 bits per heavy atom. The Balaban J connectivity index is 1.69. The van der Waals surface area contributed by atoms with E-state index in [-0.39, 0.29) is 36.1 Å². The maximum atomic E-state index is 12.6. The van der Waals surface area contributed by atoms with Crippen LogP contribution in [0.1, 0.15) is 39.0 Å². The van der Waals surface area contributed by atoms with E-state index in [0.29, 0.717) is 22.9 Å². The van der Waals surface area contributed by atoms with Crippen LogP contribution in [-0.4, -0.2) is 35.2 Å². The van der Waals surface area contributed by atoms with Gasteiger partial charge in [0.25, 0.3) is 0 Å². The SMILES string of the molecule is CC(=O)Nc1ccc(Cl)cc1NC(=O)C1CC(=O)N(C2CCCC2)C1. The van der Waals surface area contributed by atoms with Crippen molar-refractivity contribution in [3.05, 3.63) is 23.2 Å². The molecular weight excluding hydrogens is 342 g/mol. The van der Waals surface area contributed by atoms with Crippen LogP contribution < -0.4 is 10.6 Å². The third kappa shape index (κ3) is 4.12. The highest BCUT2D eigenvalue weighted by Gasteiger charge is 2.38. The number of rotatable bonds is 4. The molecule has 2 aliphatic rings. The van der Waals surface area contributed by atoms with Crippen molar-refractivity contribution >= 4 is 40.7 Å². The van der Waals surface area contributed by atoms with Crippen LogP contribution >= 0.6 is 11.6 Å². The van der Waals surface area contributed by atoms with Gasteiger partial charge < -0.3 is 15.5 Å². The minimum absolute atomic E-state index is 0.0558. The second-order valence-corrected chi connectivity index (χ2v) is 7.18. The van der Waals surface area contributed by atoms with Crippen LogP contribution in [0.5, 0.6) is 0 Å². The molecule has 2 N–H and O–H groups in total. The number of carbonyl (C=O) groups is 3. The van der Waals surface area contributed by atoms with Crippen LogP contribution in [0.2, 0.25) is 5.02 Å². The third-order valence-corrected chi connectivity index (χ3v) is 5.08. The molecule has 1 atom stereocenters. The number of anilines is 2. The molecule has 1 saturated carbocycles. The number of nitrogens with one attached hydrogen (secondary N) is 2. The van der Waals surface area contributed by atoms with Crippen molar-refractivity contribution in [2.75, 3.05) is 17.2 Å². The number of benzene rings is 1. The first-order valence-electron chi connectivity index (χ1n) is 8.61. The van der Waals surface area contributed by atoms with E-state index in [1.54, 1.807) is 18.2 Å². The maximum Gasteiger partial charge on any atom is 0.229 e. The first-order chi connectivity index (χ1) is 11.9. The number of carbonyl (C=O) groups excluding carboxylic acids is 3. The fraction of sp³-hybridized carbons (Fsp3) is 0.500. The van der Waals surface area contributed by atoms with E-state index < -0.39 is 0 Å². The molecule has 6 nitrogen and oxygen atoms in total. The molecule has 134 valence electrons. The van der Waals surface area contributed by atoms with Crippen LogP contribution in [0.4, 0.5) is 11.4 Å². The van der Waals surface area contributed by atoms with Crippen LogP contribution in [0.25, 0.3) is 0 Å². The number of hydrogen-bond donors (Lipinski definition) is 2. The predicted molar refractivity (Wildman–Crippen MR) is 96.5 cm³/mol. The Labute approximate surface area is 151 Å². The van der Waals surface area contributed by atoms with Gasteiger partial charge in [-0.05, 0) is 31.0 Å². The van der Waals surface area contributed by atoms with Gasteiger partial charge in [-0.3, -0.25) is 14.4 Å². The summed E-state index contributed by atoms with van der Waals surface area (Å²) in [6, 6.07) is 5.16. The number of amides is 3. The Morgan fingerprint density at radius 1 is 1.16 bits per heavy atom. The second kappa shape index (κ2) is 7.44. The molecule has 1 aromatic carbocycles. The average Bonchev–Trinajstić information content (AvgIpc) is 3.18. The number of hydrogen-bond acceptors (Lipinski definition) is 3. The molecule has 3 rings (SSSR count). The minimum atomic E-state index is -0.378. The summed E-state index contributed by atoms with van der Waals surface area (Å²) in [7, 11) is 0. The molecule has 1 heterocycles. The lowest BCUT2D eigenvalue weighted by Crippen LogP contribution is -2.35. The Hall–Kier alpha value is -2.08. The van der Waals surface area contributed by atoms with Crippen LogP contribution in [0.15, 0.2) is 18.2 Å². The molecule has 1 aliphatic carbocycles. The van der Waals surface area contributed by atoms with Crippen molar-refractivity contribution in [2.24, 2.45) is 5.92 Å². The van der Waals surface area contributed by atoms with E-state index in [4.69, 9.17) is 11.6 Å². The molecule has 3 amide bonds. The highest BCUT2D eigenvalue weighted by atomic mass is 35.5. The van der Waals surface area contributed by atoms with E-state index in [1.807, 2.05) is 4.90 Å². The molecule has 0 radical (unpaired) electrons. The molecule has 25 heavy (non-hydrogen) atoms. The van der Waals surface area contributed by atoms with Crippen molar-refractivity contribution in [1.82, 2.24) is 4.90 Å². The molecule has 1 aliphatic heterocycles. The predicted octanol–water partition coefficient (Wildman–Crippen LogP) is 3.03. The molecule has 2 fully saturated rings. The van der Waals surface area contributed by atoms with Crippen molar-refractivity contribution in [3.63, 3.8) is 0 Å². The van der Waals surface area contributed by atoms with Gasteiger partial charge in [-0.2, -0.15) is 0 Å². The molecule has 0 bridgehead atoms. The summed E-state index contributed by atoms with van der Waals surface area (Å²) < 4.78 is 0. The number of nitrogens with zero attached hydrogens (tertiary/aromatic N) is 1. The van der Waals surface area contributed by atoms with Crippen molar-refractivity contribution in [1.29, 1.82) is 0 Å². The average molecular weight is 364 g/mol. The topological polar surface area (TPSA) is 78.5 Å². The van der Waals surface area contributed by atoms with Crippen LogP contribution in [0, 0.1) is 5.92 Å². The van der Waals surface area contributed by atoms with E-state index in [0.717, 1.165) is 25.7 Å². The second-order valence-electron chi connectivity index (χ2n) is 6.75. The zero-order chi connectivity index (χ0) is 18.0. The zero-order valence-corrected chi connectivity index (χ0v) is 14.9. The molecule has 1 unspecified atom stereocenters. The lowest BCUT2D eigenvalue weighted by atomic mass is 10.1. The van der Waals surface area contributed by atoms with Crippen LogP contribution in [-0.2, 0) is 14.4 Å².